The molecule has 1 aromatic rings. The minimum absolute atomic E-state index is 0.470. The molecule has 1 atom stereocenters. The highest BCUT2D eigenvalue weighted by Crippen LogP contribution is 2.33. The van der Waals surface area contributed by atoms with Crippen molar-refractivity contribution in [3.63, 3.8) is 0 Å². The van der Waals surface area contributed by atoms with Crippen molar-refractivity contribution >= 4 is 15.9 Å². The lowest BCUT2D eigenvalue weighted by Gasteiger charge is -2.27. The maximum absolute atomic E-state index is 4.32. The lowest BCUT2D eigenvalue weighted by molar-refractivity contribution is 0.329. The number of nitrogens with one attached hydrogen (secondary N) is 1. The first-order chi connectivity index (χ1) is 8.81. The first-order valence-electron chi connectivity index (χ1n) is 7.15. The molecule has 0 radical (unpaired) electrons. The number of hydrogen-bond acceptors (Lipinski definition) is 2. The number of aromatic nitrogens is 1. The molecule has 1 aliphatic rings. The van der Waals surface area contributed by atoms with E-state index in [2.05, 4.69) is 39.2 Å². The van der Waals surface area contributed by atoms with Gasteiger partial charge in [0.25, 0.3) is 0 Å². The largest absolute Gasteiger partial charge is 0.310 e. The zero-order valence-corrected chi connectivity index (χ0v) is 12.7. The third-order valence-corrected chi connectivity index (χ3v) is 4.31. The van der Waals surface area contributed by atoms with Gasteiger partial charge in [-0.05, 0) is 52.9 Å². The molecule has 1 unspecified atom stereocenters. The van der Waals surface area contributed by atoms with Crippen molar-refractivity contribution in [3.05, 3.63) is 28.5 Å². The van der Waals surface area contributed by atoms with Crippen LogP contribution in [0, 0.1) is 5.92 Å². The molecule has 1 heterocycles. The second kappa shape index (κ2) is 7.25. The molecule has 18 heavy (non-hydrogen) atoms. The van der Waals surface area contributed by atoms with E-state index in [0.717, 1.165) is 16.9 Å². The molecule has 1 saturated carbocycles. The SMILES string of the molecule is CCNC(c1cncc(Br)c1)C1CCCCCC1. The van der Waals surface area contributed by atoms with E-state index in [-0.39, 0.29) is 0 Å². The van der Waals surface area contributed by atoms with Crippen molar-refractivity contribution in [1.82, 2.24) is 10.3 Å². The lowest BCUT2D eigenvalue weighted by Crippen LogP contribution is -2.28. The molecule has 1 N–H and O–H groups in total. The van der Waals surface area contributed by atoms with Crippen LogP contribution in [0.5, 0.6) is 0 Å². The smallest absolute Gasteiger partial charge is 0.0410 e. The normalized spacial score (nSPS) is 19.4. The summed E-state index contributed by atoms with van der Waals surface area (Å²) in [5.41, 5.74) is 1.33. The second-order valence-electron chi connectivity index (χ2n) is 5.22. The Kier molecular flexibility index (Phi) is 5.64. The van der Waals surface area contributed by atoms with Crippen LogP contribution in [0.3, 0.4) is 0 Å². The highest BCUT2D eigenvalue weighted by atomic mass is 79.9. The monoisotopic (exact) mass is 310 g/mol. The fraction of sp³-hybridized carbons (Fsp3) is 0.667. The molecular weight excluding hydrogens is 288 g/mol. The molecule has 1 fully saturated rings. The number of halogens is 1. The summed E-state index contributed by atoms with van der Waals surface area (Å²) in [6, 6.07) is 2.68. The van der Waals surface area contributed by atoms with Gasteiger partial charge in [-0.15, -0.1) is 0 Å². The van der Waals surface area contributed by atoms with Gasteiger partial charge in [-0.1, -0.05) is 32.6 Å². The molecule has 0 amide bonds. The van der Waals surface area contributed by atoms with Crippen molar-refractivity contribution < 1.29 is 0 Å². The van der Waals surface area contributed by atoms with Crippen LogP contribution in [-0.4, -0.2) is 11.5 Å². The van der Waals surface area contributed by atoms with Crippen LogP contribution < -0.4 is 5.32 Å². The minimum atomic E-state index is 0.470. The van der Waals surface area contributed by atoms with E-state index in [1.54, 1.807) is 0 Å². The first kappa shape index (κ1) is 14.0. The van der Waals surface area contributed by atoms with E-state index in [4.69, 9.17) is 0 Å². The molecule has 0 aromatic carbocycles. The summed E-state index contributed by atoms with van der Waals surface area (Å²) >= 11 is 3.53. The second-order valence-corrected chi connectivity index (χ2v) is 6.14. The molecule has 0 spiro atoms. The summed E-state index contributed by atoms with van der Waals surface area (Å²) in [7, 11) is 0. The van der Waals surface area contributed by atoms with Crippen LogP contribution in [0.2, 0.25) is 0 Å². The fourth-order valence-corrected chi connectivity index (χ4v) is 3.40. The Morgan fingerprint density at radius 3 is 2.61 bits per heavy atom. The highest BCUT2D eigenvalue weighted by Gasteiger charge is 2.23. The summed E-state index contributed by atoms with van der Waals surface area (Å²) in [5.74, 6) is 0.767. The van der Waals surface area contributed by atoms with Gasteiger partial charge in [-0.25, -0.2) is 0 Å². The Bertz CT molecular complexity index is 359. The Hall–Kier alpha value is -0.410. The molecule has 3 heteroatoms. The standard InChI is InChI=1S/C15H23BrN2/c1-2-18-15(12-7-5-3-4-6-8-12)13-9-14(16)11-17-10-13/h9-12,15,18H,2-8H2,1H3. The van der Waals surface area contributed by atoms with E-state index >= 15 is 0 Å². The van der Waals surface area contributed by atoms with Crippen LogP contribution in [0.4, 0.5) is 0 Å². The van der Waals surface area contributed by atoms with Crippen molar-refractivity contribution in [1.29, 1.82) is 0 Å². The summed E-state index contributed by atoms with van der Waals surface area (Å²) in [6.07, 6.45) is 12.2. The lowest BCUT2D eigenvalue weighted by atomic mass is 9.88. The van der Waals surface area contributed by atoms with Gasteiger partial charge in [0.15, 0.2) is 0 Å². The van der Waals surface area contributed by atoms with Crippen molar-refractivity contribution in [2.75, 3.05) is 6.54 Å². The molecule has 2 rings (SSSR count). The molecule has 0 aliphatic heterocycles. The fourth-order valence-electron chi connectivity index (χ4n) is 3.02. The van der Waals surface area contributed by atoms with Gasteiger partial charge in [0.2, 0.25) is 0 Å². The molecule has 1 aromatic heterocycles. The topological polar surface area (TPSA) is 24.9 Å². The Morgan fingerprint density at radius 1 is 1.28 bits per heavy atom. The van der Waals surface area contributed by atoms with Crippen LogP contribution >= 0.6 is 15.9 Å². The summed E-state index contributed by atoms with van der Waals surface area (Å²) in [6.45, 7) is 3.21. The average Bonchev–Trinajstić information content (AvgIpc) is 2.64. The zero-order valence-electron chi connectivity index (χ0n) is 11.2. The van der Waals surface area contributed by atoms with Crippen LogP contribution in [0.15, 0.2) is 22.9 Å². The van der Waals surface area contributed by atoms with E-state index in [0.29, 0.717) is 6.04 Å². The van der Waals surface area contributed by atoms with Crippen molar-refractivity contribution in [2.24, 2.45) is 5.92 Å². The predicted molar refractivity (Wildman–Crippen MR) is 79.5 cm³/mol. The van der Waals surface area contributed by atoms with E-state index in [1.807, 2.05) is 12.4 Å². The Balaban J connectivity index is 2.15. The summed E-state index contributed by atoms with van der Waals surface area (Å²) < 4.78 is 1.08. The summed E-state index contributed by atoms with van der Waals surface area (Å²) in [5, 5.41) is 3.66. The van der Waals surface area contributed by atoms with Gasteiger partial charge in [0, 0.05) is 22.9 Å². The maximum Gasteiger partial charge on any atom is 0.0410 e. The molecule has 100 valence electrons. The maximum atomic E-state index is 4.32. The number of hydrogen-bond donors (Lipinski definition) is 1. The zero-order chi connectivity index (χ0) is 12.8. The van der Waals surface area contributed by atoms with E-state index < -0.39 is 0 Å². The molecule has 0 saturated heterocycles. The Labute approximate surface area is 119 Å². The quantitative estimate of drug-likeness (QED) is 0.830. The van der Waals surface area contributed by atoms with Crippen molar-refractivity contribution in [2.45, 2.75) is 51.5 Å². The van der Waals surface area contributed by atoms with Gasteiger partial charge in [0.05, 0.1) is 0 Å². The third-order valence-electron chi connectivity index (χ3n) is 3.88. The molecule has 1 aliphatic carbocycles. The van der Waals surface area contributed by atoms with Crippen LogP contribution in [-0.2, 0) is 0 Å². The number of nitrogens with zero attached hydrogens (tertiary/aromatic N) is 1. The van der Waals surface area contributed by atoms with Crippen molar-refractivity contribution in [3.8, 4) is 0 Å². The van der Waals surface area contributed by atoms with Gasteiger partial charge >= 0.3 is 0 Å². The number of rotatable bonds is 4. The van der Waals surface area contributed by atoms with E-state index in [9.17, 15) is 0 Å². The summed E-state index contributed by atoms with van der Waals surface area (Å²) in [4.78, 5) is 4.32. The van der Waals surface area contributed by atoms with Crippen LogP contribution in [0.1, 0.15) is 57.1 Å². The molecule has 0 bridgehead atoms. The Morgan fingerprint density at radius 2 is 2.00 bits per heavy atom. The minimum Gasteiger partial charge on any atom is -0.310 e. The first-order valence-corrected chi connectivity index (χ1v) is 7.94. The van der Waals surface area contributed by atoms with Crippen LogP contribution in [0.25, 0.3) is 0 Å². The predicted octanol–water partition coefficient (Wildman–Crippen LogP) is 4.47. The van der Waals surface area contributed by atoms with Gasteiger partial charge in [0.1, 0.15) is 0 Å². The highest BCUT2D eigenvalue weighted by molar-refractivity contribution is 9.10. The van der Waals surface area contributed by atoms with E-state index in [1.165, 1.54) is 44.1 Å². The molecule has 2 nitrogen and oxygen atoms in total. The number of pyridine rings is 1. The van der Waals surface area contributed by atoms with Gasteiger partial charge < -0.3 is 5.32 Å². The van der Waals surface area contributed by atoms with Gasteiger partial charge in [-0.3, -0.25) is 4.98 Å². The third kappa shape index (κ3) is 3.79. The average molecular weight is 311 g/mol. The molecular formula is C15H23BrN2. The van der Waals surface area contributed by atoms with Gasteiger partial charge in [-0.2, -0.15) is 0 Å².